The summed E-state index contributed by atoms with van der Waals surface area (Å²) in [6.07, 6.45) is 3.32. The molecule has 0 radical (unpaired) electrons. The fraction of sp³-hybridized carbons (Fsp3) is 0. The molecule has 0 spiro atoms. The molecule has 9 heteroatoms. The molecular formula is C34H17ClF4N4. The van der Waals surface area contributed by atoms with Crippen LogP contribution in [0.2, 0.25) is 5.02 Å². The summed E-state index contributed by atoms with van der Waals surface area (Å²) in [5.41, 5.74) is 3.61. The Morgan fingerprint density at radius 3 is 2.09 bits per heavy atom. The molecule has 0 amide bonds. The zero-order valence-electron chi connectivity index (χ0n) is 22.0. The van der Waals surface area contributed by atoms with Crippen LogP contribution in [-0.2, 0) is 0 Å². The predicted octanol–water partition coefficient (Wildman–Crippen LogP) is 9.55. The van der Waals surface area contributed by atoms with Gasteiger partial charge in [0.15, 0.2) is 17.5 Å². The van der Waals surface area contributed by atoms with Crippen molar-refractivity contribution in [1.29, 1.82) is 0 Å². The molecule has 0 fully saturated rings. The maximum absolute atomic E-state index is 15.7. The lowest BCUT2D eigenvalue weighted by molar-refractivity contribution is 0.510. The number of rotatable bonds is 3. The fourth-order valence-electron chi connectivity index (χ4n) is 5.70. The van der Waals surface area contributed by atoms with E-state index in [1.807, 2.05) is 36.4 Å². The second-order valence-corrected chi connectivity index (χ2v) is 10.7. The molecule has 0 saturated carbocycles. The van der Waals surface area contributed by atoms with Gasteiger partial charge in [-0.15, -0.1) is 0 Å². The van der Waals surface area contributed by atoms with Gasteiger partial charge in [0.1, 0.15) is 11.3 Å². The lowest BCUT2D eigenvalue weighted by atomic mass is 10.1. The first kappa shape index (κ1) is 25.5. The minimum absolute atomic E-state index is 0.163. The van der Waals surface area contributed by atoms with Gasteiger partial charge in [0.25, 0.3) is 0 Å². The quantitative estimate of drug-likeness (QED) is 0.192. The van der Waals surface area contributed by atoms with Crippen LogP contribution in [0.3, 0.4) is 0 Å². The van der Waals surface area contributed by atoms with Crippen LogP contribution in [0.1, 0.15) is 0 Å². The second kappa shape index (κ2) is 9.40. The number of fused-ring (bicyclic) bond motifs is 4. The van der Waals surface area contributed by atoms with E-state index in [1.54, 1.807) is 42.7 Å². The molecule has 0 bridgehead atoms. The van der Waals surface area contributed by atoms with Crippen LogP contribution in [-0.4, -0.2) is 19.3 Å². The zero-order valence-corrected chi connectivity index (χ0v) is 22.7. The molecule has 8 aromatic rings. The molecule has 8 rings (SSSR count). The molecular weight excluding hydrogens is 576 g/mol. The molecule has 4 heterocycles. The molecule has 0 aliphatic rings. The largest absolute Gasteiger partial charge is 0.255 e. The maximum atomic E-state index is 15.7. The Bertz CT molecular complexity index is 2430. The molecule has 4 aromatic carbocycles. The SMILES string of the molecule is Fc1cc2c(-c3ccc4c(F)cccc4n3)cn(-n3cc(-c4ccc5ccccc5n4)c4cc(Cl)cc(F)c43)c2cc1F. The van der Waals surface area contributed by atoms with Gasteiger partial charge in [-0.2, -0.15) is 0 Å². The monoisotopic (exact) mass is 592 g/mol. The number of halogens is 5. The summed E-state index contributed by atoms with van der Waals surface area (Å²) in [4.78, 5) is 9.41. The van der Waals surface area contributed by atoms with Crippen molar-refractivity contribution in [3.05, 3.63) is 132 Å². The molecule has 0 unspecified atom stereocenters. The van der Waals surface area contributed by atoms with Gasteiger partial charge in [-0.3, -0.25) is 9.35 Å². The van der Waals surface area contributed by atoms with E-state index in [9.17, 15) is 13.2 Å². The number of benzene rings is 4. The highest BCUT2D eigenvalue weighted by atomic mass is 35.5. The third-order valence-electron chi connectivity index (χ3n) is 7.69. The predicted molar refractivity (Wildman–Crippen MR) is 161 cm³/mol. The smallest absolute Gasteiger partial charge is 0.161 e. The third-order valence-corrected chi connectivity index (χ3v) is 7.91. The van der Waals surface area contributed by atoms with Gasteiger partial charge in [-0.25, -0.2) is 27.5 Å². The molecule has 0 N–H and O–H groups in total. The Morgan fingerprint density at radius 2 is 1.23 bits per heavy atom. The van der Waals surface area contributed by atoms with E-state index in [2.05, 4.69) is 4.98 Å². The van der Waals surface area contributed by atoms with Crippen molar-refractivity contribution in [2.24, 2.45) is 0 Å². The Balaban J connectivity index is 1.43. The summed E-state index contributed by atoms with van der Waals surface area (Å²) in [5.74, 6) is -3.15. The van der Waals surface area contributed by atoms with Crippen LogP contribution in [0.4, 0.5) is 17.6 Å². The van der Waals surface area contributed by atoms with E-state index in [4.69, 9.17) is 16.6 Å². The average molecular weight is 593 g/mol. The topological polar surface area (TPSA) is 35.6 Å². The summed E-state index contributed by atoms with van der Waals surface area (Å²) in [6.45, 7) is 0. The molecule has 0 saturated heterocycles. The molecule has 0 aliphatic carbocycles. The van der Waals surface area contributed by atoms with E-state index in [1.165, 1.54) is 21.5 Å². The normalized spacial score (nSPS) is 11.8. The van der Waals surface area contributed by atoms with Crippen molar-refractivity contribution in [2.75, 3.05) is 0 Å². The number of nitrogens with zero attached hydrogens (tertiary/aromatic N) is 4. The summed E-state index contributed by atoms with van der Waals surface area (Å²) >= 11 is 6.31. The van der Waals surface area contributed by atoms with Gasteiger partial charge in [0.2, 0.25) is 0 Å². The number of pyridine rings is 2. The van der Waals surface area contributed by atoms with Gasteiger partial charge >= 0.3 is 0 Å². The van der Waals surface area contributed by atoms with Crippen LogP contribution in [0.25, 0.3) is 66.1 Å². The first-order chi connectivity index (χ1) is 20.9. The molecule has 4 nitrogen and oxygen atoms in total. The number of hydrogen-bond donors (Lipinski definition) is 0. The number of para-hydroxylation sites is 1. The summed E-state index contributed by atoms with van der Waals surface area (Å²) in [5, 5.41) is 2.29. The highest BCUT2D eigenvalue weighted by Crippen LogP contribution is 2.38. The Morgan fingerprint density at radius 1 is 0.535 bits per heavy atom. The summed E-state index contributed by atoms with van der Waals surface area (Å²) in [7, 11) is 0. The van der Waals surface area contributed by atoms with E-state index < -0.39 is 23.3 Å². The van der Waals surface area contributed by atoms with Crippen molar-refractivity contribution < 1.29 is 17.6 Å². The third kappa shape index (κ3) is 3.98. The lowest BCUT2D eigenvalue weighted by Gasteiger charge is -2.10. The van der Waals surface area contributed by atoms with Crippen LogP contribution in [0.15, 0.2) is 103 Å². The van der Waals surface area contributed by atoms with Gasteiger partial charge in [0.05, 0.1) is 27.9 Å². The van der Waals surface area contributed by atoms with Gasteiger partial charge < -0.3 is 0 Å². The molecule has 4 aromatic heterocycles. The maximum Gasteiger partial charge on any atom is 0.161 e. The number of hydrogen-bond acceptors (Lipinski definition) is 2. The number of aromatic nitrogens is 4. The van der Waals surface area contributed by atoms with Crippen LogP contribution in [0.5, 0.6) is 0 Å². The van der Waals surface area contributed by atoms with Gasteiger partial charge in [-0.05, 0) is 54.6 Å². The van der Waals surface area contributed by atoms with Crippen LogP contribution in [0, 0.1) is 23.3 Å². The minimum atomic E-state index is -1.07. The van der Waals surface area contributed by atoms with Crippen LogP contribution < -0.4 is 0 Å². The van der Waals surface area contributed by atoms with Crippen molar-refractivity contribution >= 4 is 55.2 Å². The van der Waals surface area contributed by atoms with Crippen molar-refractivity contribution in [3.8, 4) is 22.5 Å². The highest BCUT2D eigenvalue weighted by Gasteiger charge is 2.22. The summed E-state index contributed by atoms with van der Waals surface area (Å²) in [6, 6.07) is 24.2. The van der Waals surface area contributed by atoms with E-state index >= 15 is 4.39 Å². The Labute approximate surface area is 246 Å². The standard InChI is InChI=1S/C34H17ClF4N4/c35-19-12-22-24(31-10-8-18-4-1-2-6-29(18)40-31)17-43(34(22)28(39)13-19)42-16-23(21-14-26(37)27(38)15-33(21)42)32-11-9-20-25(36)5-3-7-30(20)41-32/h1-17H. The fourth-order valence-corrected chi connectivity index (χ4v) is 5.91. The zero-order chi connectivity index (χ0) is 29.4. The van der Waals surface area contributed by atoms with Crippen LogP contribution >= 0.6 is 11.6 Å². The van der Waals surface area contributed by atoms with E-state index in [0.717, 1.165) is 23.0 Å². The van der Waals surface area contributed by atoms with Crippen molar-refractivity contribution in [3.63, 3.8) is 0 Å². The highest BCUT2D eigenvalue weighted by molar-refractivity contribution is 6.31. The first-order valence-electron chi connectivity index (χ1n) is 13.3. The lowest BCUT2D eigenvalue weighted by Crippen LogP contribution is -2.07. The van der Waals surface area contributed by atoms with E-state index in [0.29, 0.717) is 44.2 Å². The molecule has 0 aliphatic heterocycles. The van der Waals surface area contributed by atoms with Gasteiger partial charge in [0, 0.05) is 56.2 Å². The Kier molecular flexibility index (Phi) is 5.58. The molecule has 43 heavy (non-hydrogen) atoms. The Hall–Kier alpha value is -5.21. The van der Waals surface area contributed by atoms with Crippen molar-refractivity contribution in [1.82, 2.24) is 19.3 Å². The molecule has 0 atom stereocenters. The average Bonchev–Trinajstić information content (AvgIpc) is 3.55. The van der Waals surface area contributed by atoms with Gasteiger partial charge in [-0.1, -0.05) is 41.9 Å². The minimum Gasteiger partial charge on any atom is -0.255 e. The van der Waals surface area contributed by atoms with Crippen molar-refractivity contribution in [2.45, 2.75) is 0 Å². The second-order valence-electron chi connectivity index (χ2n) is 10.2. The molecule has 208 valence electrons. The van der Waals surface area contributed by atoms with E-state index in [-0.39, 0.29) is 16.1 Å². The first-order valence-corrected chi connectivity index (χ1v) is 13.7. The summed E-state index contributed by atoms with van der Waals surface area (Å²) < 4.78 is 62.5.